The van der Waals surface area contributed by atoms with Gasteiger partial charge in [-0.15, -0.1) is 0 Å². The van der Waals surface area contributed by atoms with Crippen LogP contribution >= 0.6 is 23.5 Å². The van der Waals surface area contributed by atoms with Gasteiger partial charge in [-0.1, -0.05) is 0 Å². The number of carbonyl (C=O) groups excluding carboxylic acids is 4. The zero-order valence-corrected chi connectivity index (χ0v) is 21.3. The number of nitrogens with two attached hydrogens (primary N) is 3. The Labute approximate surface area is 208 Å². The number of hydrogen-bond acceptors (Lipinski definition) is 9. The number of carboxylic acids is 1. The van der Waals surface area contributed by atoms with Crippen LogP contribution in [0.5, 0.6) is 0 Å². The summed E-state index contributed by atoms with van der Waals surface area (Å²) < 4.78 is 0. The maximum atomic E-state index is 13.0. The second-order valence-corrected chi connectivity index (χ2v) is 9.62. The molecule has 0 spiro atoms. The van der Waals surface area contributed by atoms with Crippen LogP contribution in [0.3, 0.4) is 0 Å². The van der Waals surface area contributed by atoms with Gasteiger partial charge >= 0.3 is 5.97 Å². The summed E-state index contributed by atoms with van der Waals surface area (Å²) in [5, 5.41) is 17.0. The lowest BCUT2D eigenvalue weighted by Gasteiger charge is -2.25. The molecule has 12 nitrogen and oxygen atoms in total. The van der Waals surface area contributed by atoms with Crippen LogP contribution in [0.15, 0.2) is 0 Å². The van der Waals surface area contributed by atoms with Gasteiger partial charge in [0.2, 0.25) is 23.6 Å². The van der Waals surface area contributed by atoms with Crippen LogP contribution in [-0.4, -0.2) is 89.4 Å². The monoisotopic (exact) mass is 522 g/mol. The van der Waals surface area contributed by atoms with Gasteiger partial charge in [-0.05, 0) is 62.7 Å². The van der Waals surface area contributed by atoms with E-state index in [-0.39, 0.29) is 25.7 Å². The van der Waals surface area contributed by atoms with Crippen molar-refractivity contribution >= 4 is 53.1 Å². The van der Waals surface area contributed by atoms with Gasteiger partial charge in [0.1, 0.15) is 18.1 Å². The first kappa shape index (κ1) is 32.0. The van der Waals surface area contributed by atoms with Crippen molar-refractivity contribution in [3.05, 3.63) is 0 Å². The number of nitrogens with one attached hydrogen (secondary N) is 3. The summed E-state index contributed by atoms with van der Waals surface area (Å²) in [5.74, 6) is -2.79. The van der Waals surface area contributed by atoms with E-state index in [9.17, 15) is 29.1 Å². The summed E-state index contributed by atoms with van der Waals surface area (Å²) in [6.07, 6.45) is 5.19. The average molecular weight is 523 g/mol. The average Bonchev–Trinajstić information content (AvgIpc) is 2.77. The quantitative estimate of drug-likeness (QED) is 0.0959. The van der Waals surface area contributed by atoms with Gasteiger partial charge in [0.15, 0.2) is 0 Å². The maximum absolute atomic E-state index is 13.0. The topological polar surface area (TPSA) is 220 Å². The van der Waals surface area contributed by atoms with E-state index in [4.69, 9.17) is 17.2 Å². The van der Waals surface area contributed by atoms with Crippen molar-refractivity contribution in [2.24, 2.45) is 17.2 Å². The Hall–Kier alpha value is -2.03. The number of hydrogen-bond donors (Lipinski definition) is 7. The minimum absolute atomic E-state index is 0.214. The molecule has 196 valence electrons. The number of aliphatic carboxylic acids is 1. The van der Waals surface area contributed by atoms with Crippen molar-refractivity contribution in [3.63, 3.8) is 0 Å². The van der Waals surface area contributed by atoms with Crippen molar-refractivity contribution in [2.75, 3.05) is 30.6 Å². The second kappa shape index (κ2) is 18.3. The van der Waals surface area contributed by atoms with Gasteiger partial charge in [-0.2, -0.15) is 23.5 Å². The molecule has 4 amide bonds. The first-order valence-electron chi connectivity index (χ1n) is 10.9. The van der Waals surface area contributed by atoms with Gasteiger partial charge < -0.3 is 38.3 Å². The SMILES string of the molecule is CSCCC(NC(=O)C(N)CC(N)=O)C(=O)NC(CCSC)C(=O)NC(CCCCN)C(=O)O. The number of amides is 4. The highest BCUT2D eigenvalue weighted by Gasteiger charge is 2.30. The predicted octanol–water partition coefficient (Wildman–Crippen LogP) is -1.64. The Morgan fingerprint density at radius 2 is 1.26 bits per heavy atom. The molecule has 0 radical (unpaired) electrons. The van der Waals surface area contributed by atoms with E-state index >= 15 is 0 Å². The summed E-state index contributed by atoms with van der Waals surface area (Å²) in [6, 6.07) is -4.30. The van der Waals surface area contributed by atoms with Gasteiger partial charge in [0.05, 0.1) is 12.5 Å². The van der Waals surface area contributed by atoms with Crippen LogP contribution in [0.1, 0.15) is 38.5 Å². The summed E-state index contributed by atoms with van der Waals surface area (Å²) in [4.78, 5) is 60.7. The summed E-state index contributed by atoms with van der Waals surface area (Å²) in [7, 11) is 0. The van der Waals surface area contributed by atoms with Gasteiger partial charge in [-0.3, -0.25) is 19.2 Å². The minimum atomic E-state index is -1.21. The molecule has 0 saturated carbocycles. The number of unbranched alkanes of at least 4 members (excludes halogenated alkanes) is 1. The molecule has 0 aromatic heterocycles. The highest BCUT2D eigenvalue weighted by molar-refractivity contribution is 7.98. The van der Waals surface area contributed by atoms with E-state index in [1.54, 1.807) is 0 Å². The van der Waals surface area contributed by atoms with Gasteiger partial charge in [0.25, 0.3) is 0 Å². The van der Waals surface area contributed by atoms with Crippen LogP contribution in [0.4, 0.5) is 0 Å². The molecule has 0 saturated heterocycles. The Bertz CT molecular complexity index is 684. The van der Waals surface area contributed by atoms with Gasteiger partial charge in [0, 0.05) is 0 Å². The van der Waals surface area contributed by atoms with Crippen molar-refractivity contribution in [2.45, 2.75) is 62.7 Å². The number of carboxylic acid groups (broad SMARTS) is 1. The molecule has 0 fully saturated rings. The number of thioether (sulfide) groups is 2. The Morgan fingerprint density at radius 3 is 1.68 bits per heavy atom. The number of rotatable bonds is 19. The molecule has 0 bridgehead atoms. The fourth-order valence-electron chi connectivity index (χ4n) is 2.89. The second-order valence-electron chi connectivity index (χ2n) is 7.65. The van der Waals surface area contributed by atoms with E-state index in [0.29, 0.717) is 30.9 Å². The van der Waals surface area contributed by atoms with Crippen molar-refractivity contribution in [1.29, 1.82) is 0 Å². The van der Waals surface area contributed by atoms with E-state index in [1.807, 2.05) is 12.5 Å². The van der Waals surface area contributed by atoms with Crippen LogP contribution in [0, 0.1) is 0 Å². The molecule has 0 aromatic rings. The largest absolute Gasteiger partial charge is 0.480 e. The molecule has 10 N–H and O–H groups in total. The smallest absolute Gasteiger partial charge is 0.326 e. The molecular formula is C20H38N6O6S2. The van der Waals surface area contributed by atoms with E-state index in [2.05, 4.69) is 16.0 Å². The first-order valence-corrected chi connectivity index (χ1v) is 13.7. The lowest BCUT2D eigenvalue weighted by atomic mass is 10.1. The number of primary amides is 1. The predicted molar refractivity (Wildman–Crippen MR) is 134 cm³/mol. The van der Waals surface area contributed by atoms with Crippen molar-refractivity contribution < 1.29 is 29.1 Å². The minimum Gasteiger partial charge on any atom is -0.480 e. The molecule has 0 aromatic carbocycles. The van der Waals surface area contributed by atoms with E-state index < -0.39 is 53.8 Å². The Balaban J connectivity index is 5.37. The van der Waals surface area contributed by atoms with Crippen LogP contribution in [0.2, 0.25) is 0 Å². The lowest BCUT2D eigenvalue weighted by Crippen LogP contribution is -2.57. The standard InChI is InChI=1S/C20H38N6O6S2/c1-33-9-6-13(24-17(28)12(22)11-16(23)27)18(29)25-14(7-10-34-2)19(30)26-15(20(31)32)5-3-4-8-21/h12-15H,3-11,21-22H2,1-2H3,(H2,23,27)(H,24,28)(H,25,29)(H,26,30)(H,31,32). The van der Waals surface area contributed by atoms with Crippen LogP contribution in [0.25, 0.3) is 0 Å². The third-order valence-electron chi connectivity index (χ3n) is 4.81. The molecule has 14 heteroatoms. The molecule has 0 aliphatic rings. The summed E-state index contributed by atoms with van der Waals surface area (Å²) in [6.45, 7) is 0.416. The molecule has 4 unspecified atom stereocenters. The van der Waals surface area contributed by atoms with Crippen molar-refractivity contribution in [3.8, 4) is 0 Å². The van der Waals surface area contributed by atoms with Crippen LogP contribution < -0.4 is 33.2 Å². The Morgan fingerprint density at radius 1 is 0.794 bits per heavy atom. The highest BCUT2D eigenvalue weighted by atomic mass is 32.2. The van der Waals surface area contributed by atoms with E-state index in [1.165, 1.54) is 23.5 Å². The molecule has 0 aliphatic heterocycles. The Kier molecular flexibility index (Phi) is 17.2. The molecule has 4 atom stereocenters. The van der Waals surface area contributed by atoms with Gasteiger partial charge in [-0.25, -0.2) is 4.79 Å². The fourth-order valence-corrected chi connectivity index (χ4v) is 3.83. The zero-order chi connectivity index (χ0) is 26.1. The molecular weight excluding hydrogens is 484 g/mol. The fraction of sp³-hybridized carbons (Fsp3) is 0.750. The molecule has 0 heterocycles. The molecule has 0 aliphatic carbocycles. The first-order chi connectivity index (χ1) is 16.1. The summed E-state index contributed by atoms with van der Waals surface area (Å²) in [5.41, 5.74) is 16.2. The lowest BCUT2D eigenvalue weighted by molar-refractivity contribution is -0.142. The third-order valence-corrected chi connectivity index (χ3v) is 6.09. The van der Waals surface area contributed by atoms with E-state index in [0.717, 1.165) is 0 Å². The maximum Gasteiger partial charge on any atom is 0.326 e. The zero-order valence-electron chi connectivity index (χ0n) is 19.7. The van der Waals surface area contributed by atoms with Crippen molar-refractivity contribution in [1.82, 2.24) is 16.0 Å². The molecule has 0 rings (SSSR count). The summed E-state index contributed by atoms with van der Waals surface area (Å²) >= 11 is 2.92. The van der Waals surface area contributed by atoms with Crippen LogP contribution in [-0.2, 0) is 24.0 Å². The highest BCUT2D eigenvalue weighted by Crippen LogP contribution is 2.07. The molecule has 34 heavy (non-hydrogen) atoms. The normalized spacial score (nSPS) is 14.4. The third kappa shape index (κ3) is 13.6. The number of carbonyl (C=O) groups is 5.